The number of nitrogens with zero attached hydrogens (tertiary/aromatic N) is 2. The van der Waals surface area contributed by atoms with Crippen LogP contribution in [0.4, 0.5) is 17.6 Å². The van der Waals surface area contributed by atoms with E-state index in [1.165, 1.54) is 6.07 Å². The van der Waals surface area contributed by atoms with Crippen molar-refractivity contribution in [3.05, 3.63) is 77.8 Å². The van der Waals surface area contributed by atoms with Gasteiger partial charge in [-0.25, -0.2) is 12.8 Å². The van der Waals surface area contributed by atoms with Gasteiger partial charge in [-0.1, -0.05) is 47.6 Å². The van der Waals surface area contributed by atoms with Crippen LogP contribution in [0.15, 0.2) is 65.2 Å². The van der Waals surface area contributed by atoms with Crippen LogP contribution in [-0.2, 0) is 20.4 Å². The molecule has 1 aliphatic carbocycles. The van der Waals surface area contributed by atoms with Crippen molar-refractivity contribution in [1.82, 2.24) is 15.8 Å². The lowest BCUT2D eigenvalue weighted by atomic mass is 10.0. The van der Waals surface area contributed by atoms with Crippen LogP contribution in [0.3, 0.4) is 0 Å². The first kappa shape index (κ1) is 27.3. The van der Waals surface area contributed by atoms with Crippen LogP contribution in [0.25, 0.3) is 11.3 Å². The maximum absolute atomic E-state index is 14.0. The van der Waals surface area contributed by atoms with Crippen LogP contribution in [0.1, 0.15) is 30.2 Å². The SMILES string of the molecule is N#CC1(NC(=O)[C@H](CS(=O)(=O)Cc2cc(-c3ccccc3)no2)N[C@@H](c2ccc(F)cc2)C(F)(F)F)CC1. The molecule has 200 valence electrons. The topological polar surface area (TPSA) is 125 Å². The monoisotopic (exact) mass is 550 g/mol. The largest absolute Gasteiger partial charge is 0.407 e. The Labute approximate surface area is 215 Å². The minimum Gasteiger partial charge on any atom is -0.360 e. The summed E-state index contributed by atoms with van der Waals surface area (Å²) in [6, 6.07) is 11.1. The first-order valence-electron chi connectivity index (χ1n) is 11.4. The molecule has 2 atom stereocenters. The summed E-state index contributed by atoms with van der Waals surface area (Å²) in [5, 5.41) is 17.6. The lowest BCUT2D eigenvalue weighted by Crippen LogP contribution is -2.54. The number of aromatic nitrogens is 1. The summed E-state index contributed by atoms with van der Waals surface area (Å²) in [6.07, 6.45) is -4.38. The van der Waals surface area contributed by atoms with Crippen LogP contribution in [-0.4, -0.2) is 43.0 Å². The Hall–Kier alpha value is -3.76. The number of carbonyl (C=O) groups excluding carboxylic acids is 1. The molecule has 0 unspecified atom stereocenters. The third-order valence-electron chi connectivity index (χ3n) is 5.95. The Morgan fingerprint density at radius 3 is 2.37 bits per heavy atom. The number of alkyl halides is 3. The molecular weight excluding hydrogens is 528 g/mol. The van der Waals surface area contributed by atoms with Gasteiger partial charge >= 0.3 is 6.18 Å². The van der Waals surface area contributed by atoms with Crippen LogP contribution in [0, 0.1) is 17.1 Å². The second-order valence-electron chi connectivity index (χ2n) is 9.03. The summed E-state index contributed by atoms with van der Waals surface area (Å²) in [7, 11) is -4.24. The lowest BCUT2D eigenvalue weighted by Gasteiger charge is -2.28. The fourth-order valence-corrected chi connectivity index (χ4v) is 5.25. The quantitative estimate of drug-likeness (QED) is 0.368. The zero-order valence-electron chi connectivity index (χ0n) is 19.7. The average Bonchev–Trinajstić information content (AvgIpc) is 3.49. The maximum Gasteiger partial charge on any atom is 0.407 e. The molecule has 13 heteroatoms. The minimum absolute atomic E-state index is 0.0652. The number of amides is 1. The Bertz CT molecular complexity index is 1430. The van der Waals surface area contributed by atoms with Gasteiger partial charge in [0.1, 0.15) is 34.9 Å². The fourth-order valence-electron chi connectivity index (χ4n) is 3.80. The second kappa shape index (κ2) is 10.5. The van der Waals surface area contributed by atoms with Crippen molar-refractivity contribution < 1.29 is 35.3 Å². The van der Waals surface area contributed by atoms with Crippen LogP contribution < -0.4 is 10.6 Å². The van der Waals surface area contributed by atoms with E-state index in [1.54, 1.807) is 30.3 Å². The molecule has 1 amide bonds. The molecule has 0 radical (unpaired) electrons. The van der Waals surface area contributed by atoms with Gasteiger partial charge in [0.25, 0.3) is 0 Å². The van der Waals surface area contributed by atoms with Gasteiger partial charge in [-0.15, -0.1) is 0 Å². The lowest BCUT2D eigenvalue weighted by molar-refractivity contribution is -0.160. The Balaban J connectivity index is 1.58. The molecule has 2 aromatic carbocycles. The predicted octanol–water partition coefficient (Wildman–Crippen LogP) is 3.83. The second-order valence-corrected chi connectivity index (χ2v) is 11.1. The maximum atomic E-state index is 14.0. The molecule has 1 fully saturated rings. The van der Waals surface area contributed by atoms with E-state index in [9.17, 15) is 36.0 Å². The van der Waals surface area contributed by atoms with Crippen LogP contribution in [0.2, 0.25) is 0 Å². The number of carbonyl (C=O) groups is 1. The first-order valence-corrected chi connectivity index (χ1v) is 13.2. The molecule has 2 N–H and O–H groups in total. The van der Waals surface area contributed by atoms with Gasteiger partial charge in [0, 0.05) is 11.6 Å². The molecule has 1 aromatic heterocycles. The van der Waals surface area contributed by atoms with E-state index in [-0.39, 0.29) is 18.6 Å². The summed E-state index contributed by atoms with van der Waals surface area (Å²) in [6.45, 7) is 0. The Morgan fingerprint density at radius 2 is 1.79 bits per heavy atom. The molecule has 8 nitrogen and oxygen atoms in total. The highest BCUT2D eigenvalue weighted by Crippen LogP contribution is 2.36. The van der Waals surface area contributed by atoms with E-state index in [0.29, 0.717) is 11.3 Å². The number of nitriles is 1. The number of rotatable bonds is 10. The zero-order valence-corrected chi connectivity index (χ0v) is 20.5. The summed E-state index contributed by atoms with van der Waals surface area (Å²) in [5.74, 6) is -3.67. The molecule has 1 heterocycles. The third-order valence-corrected chi connectivity index (χ3v) is 7.52. The van der Waals surface area contributed by atoms with Crippen molar-refractivity contribution in [2.24, 2.45) is 0 Å². The van der Waals surface area contributed by atoms with Crippen LogP contribution >= 0.6 is 0 Å². The minimum atomic E-state index is -4.96. The third kappa shape index (κ3) is 6.76. The predicted molar refractivity (Wildman–Crippen MR) is 127 cm³/mol. The zero-order chi connectivity index (χ0) is 27.6. The van der Waals surface area contributed by atoms with Gasteiger partial charge in [0.2, 0.25) is 5.91 Å². The summed E-state index contributed by atoms with van der Waals surface area (Å²) in [5.41, 5.74) is -0.642. The summed E-state index contributed by atoms with van der Waals surface area (Å²) >= 11 is 0. The molecule has 0 bridgehead atoms. The molecule has 3 aromatic rings. The fraction of sp³-hybridized carbons (Fsp3) is 0.320. The Kier molecular flexibility index (Phi) is 7.57. The van der Waals surface area contributed by atoms with E-state index in [4.69, 9.17) is 4.52 Å². The van der Waals surface area contributed by atoms with Crippen molar-refractivity contribution in [3.8, 4) is 17.3 Å². The van der Waals surface area contributed by atoms with E-state index < -0.39 is 62.4 Å². The number of nitrogens with one attached hydrogen (secondary N) is 2. The highest BCUT2D eigenvalue weighted by Gasteiger charge is 2.48. The van der Waals surface area contributed by atoms with Crippen molar-refractivity contribution in [1.29, 1.82) is 5.26 Å². The smallest absolute Gasteiger partial charge is 0.360 e. The normalized spacial score (nSPS) is 16.3. The molecule has 4 rings (SSSR count). The first-order chi connectivity index (χ1) is 17.9. The van der Waals surface area contributed by atoms with Gasteiger partial charge < -0.3 is 9.84 Å². The van der Waals surface area contributed by atoms with E-state index in [2.05, 4.69) is 15.8 Å². The van der Waals surface area contributed by atoms with Crippen molar-refractivity contribution >= 4 is 15.7 Å². The van der Waals surface area contributed by atoms with Crippen LogP contribution in [0.5, 0.6) is 0 Å². The average molecular weight is 551 g/mol. The van der Waals surface area contributed by atoms with Gasteiger partial charge in [-0.2, -0.15) is 18.4 Å². The molecule has 0 spiro atoms. The van der Waals surface area contributed by atoms with Gasteiger partial charge in [-0.05, 0) is 30.5 Å². The van der Waals surface area contributed by atoms with E-state index in [1.807, 2.05) is 6.07 Å². The van der Waals surface area contributed by atoms with Gasteiger partial charge in [-0.3, -0.25) is 10.1 Å². The van der Waals surface area contributed by atoms with Gasteiger partial charge in [0.15, 0.2) is 15.6 Å². The highest BCUT2D eigenvalue weighted by atomic mass is 32.2. The van der Waals surface area contributed by atoms with Crippen molar-refractivity contribution in [2.75, 3.05) is 5.75 Å². The number of sulfone groups is 1. The Morgan fingerprint density at radius 1 is 1.13 bits per heavy atom. The van der Waals surface area contributed by atoms with Crippen molar-refractivity contribution in [2.45, 2.75) is 42.4 Å². The number of hydrogen-bond donors (Lipinski definition) is 2. The van der Waals surface area contributed by atoms with E-state index >= 15 is 0 Å². The molecule has 1 aliphatic rings. The molecule has 38 heavy (non-hydrogen) atoms. The van der Waals surface area contributed by atoms with Crippen molar-refractivity contribution in [3.63, 3.8) is 0 Å². The highest BCUT2D eigenvalue weighted by molar-refractivity contribution is 7.90. The molecule has 0 aliphatic heterocycles. The standard InChI is InChI=1S/C25H22F4N4O4S/c26-18-8-6-17(7-9-18)22(25(27,28)29)31-21(23(34)32-24(15-30)10-11-24)14-38(35,36)13-19-12-20(33-37-19)16-4-2-1-3-5-16/h1-9,12,21-22,31H,10-11,13-14H2,(H,32,34)/t21-,22-/m0/s1. The summed E-state index contributed by atoms with van der Waals surface area (Å²) in [4.78, 5) is 13.0. The van der Waals surface area contributed by atoms with E-state index in [0.717, 1.165) is 24.3 Å². The summed E-state index contributed by atoms with van der Waals surface area (Å²) < 4.78 is 86.4. The molecule has 0 saturated heterocycles. The number of benzene rings is 2. The number of hydrogen-bond acceptors (Lipinski definition) is 7. The molecular formula is C25H22F4N4O4S. The molecule has 1 saturated carbocycles. The van der Waals surface area contributed by atoms with Gasteiger partial charge in [0.05, 0.1) is 11.8 Å². The number of halogens is 4.